The Hall–Kier alpha value is -2.61. The fourth-order valence-corrected chi connectivity index (χ4v) is 3.21. The van der Waals surface area contributed by atoms with Gasteiger partial charge in [-0.2, -0.15) is 0 Å². The molecule has 6 nitrogen and oxygen atoms in total. The van der Waals surface area contributed by atoms with Gasteiger partial charge < -0.3 is 10.1 Å². The third kappa shape index (κ3) is 6.56. The molecule has 8 heteroatoms. The first-order valence-electron chi connectivity index (χ1n) is 8.37. The highest BCUT2D eigenvalue weighted by atomic mass is 32.2. The summed E-state index contributed by atoms with van der Waals surface area (Å²) in [5, 5.41) is 2.70. The van der Waals surface area contributed by atoms with E-state index in [4.69, 9.17) is 4.74 Å². The predicted octanol–water partition coefficient (Wildman–Crippen LogP) is 2.48. The summed E-state index contributed by atoms with van der Waals surface area (Å²) in [5.74, 6) is -0.283. The molecule has 0 heterocycles. The van der Waals surface area contributed by atoms with Gasteiger partial charge in [0.2, 0.25) is 15.9 Å². The molecule has 1 amide bonds. The highest BCUT2D eigenvalue weighted by molar-refractivity contribution is 7.92. The minimum absolute atomic E-state index is 0.220. The lowest BCUT2D eigenvalue weighted by Gasteiger charge is -2.23. The van der Waals surface area contributed by atoms with Crippen LogP contribution >= 0.6 is 0 Å². The number of ether oxygens (including phenoxy) is 1. The maximum atomic E-state index is 13.1. The Balaban J connectivity index is 1.94. The molecule has 0 saturated carbocycles. The van der Waals surface area contributed by atoms with Gasteiger partial charge >= 0.3 is 0 Å². The predicted molar refractivity (Wildman–Crippen MR) is 103 cm³/mol. The highest BCUT2D eigenvalue weighted by Crippen LogP contribution is 2.17. The van der Waals surface area contributed by atoms with Gasteiger partial charge in [0.15, 0.2) is 0 Å². The summed E-state index contributed by atoms with van der Waals surface area (Å²) in [5.41, 5.74) is 1.34. The average Bonchev–Trinajstić information content (AvgIpc) is 2.59. The van der Waals surface area contributed by atoms with E-state index in [1.54, 1.807) is 6.92 Å². The lowest BCUT2D eigenvalue weighted by atomic mass is 10.2. The van der Waals surface area contributed by atoms with E-state index >= 15 is 0 Å². The molecular weight excluding hydrogens is 371 g/mol. The van der Waals surface area contributed by atoms with Gasteiger partial charge in [-0.15, -0.1) is 0 Å². The SMILES string of the molecule is Cc1ccc(OC[C@@H](C)NC(=O)CN(c2ccc(F)cc2)S(C)(=O)=O)cc1. The Labute approximate surface area is 159 Å². The number of benzene rings is 2. The van der Waals surface area contributed by atoms with Gasteiger partial charge in [0.25, 0.3) is 0 Å². The van der Waals surface area contributed by atoms with Crippen LogP contribution in [0.2, 0.25) is 0 Å². The topological polar surface area (TPSA) is 75.7 Å². The van der Waals surface area contributed by atoms with E-state index in [9.17, 15) is 17.6 Å². The average molecular weight is 394 g/mol. The molecule has 0 unspecified atom stereocenters. The molecule has 0 spiro atoms. The zero-order valence-corrected chi connectivity index (χ0v) is 16.3. The molecule has 1 atom stereocenters. The number of nitrogens with one attached hydrogen (secondary N) is 1. The largest absolute Gasteiger partial charge is 0.491 e. The van der Waals surface area contributed by atoms with Crippen LogP contribution in [0.15, 0.2) is 48.5 Å². The van der Waals surface area contributed by atoms with Crippen LogP contribution in [0.4, 0.5) is 10.1 Å². The molecule has 27 heavy (non-hydrogen) atoms. The standard InChI is InChI=1S/C19H23FN2O4S/c1-14-4-10-18(11-5-14)26-13-15(2)21-19(23)12-22(27(3,24)25)17-8-6-16(20)7-9-17/h4-11,15H,12-13H2,1-3H3,(H,21,23)/t15-/m1/s1. The summed E-state index contributed by atoms with van der Waals surface area (Å²) >= 11 is 0. The Morgan fingerprint density at radius 1 is 1.15 bits per heavy atom. The number of nitrogens with zero attached hydrogens (tertiary/aromatic N) is 1. The van der Waals surface area contributed by atoms with E-state index < -0.39 is 28.3 Å². The smallest absolute Gasteiger partial charge is 0.241 e. The van der Waals surface area contributed by atoms with Crippen molar-refractivity contribution in [3.8, 4) is 5.75 Å². The van der Waals surface area contributed by atoms with Gasteiger partial charge in [0.1, 0.15) is 24.7 Å². The van der Waals surface area contributed by atoms with Crippen molar-refractivity contribution in [3.05, 3.63) is 59.9 Å². The Kier molecular flexibility index (Phi) is 6.79. The number of aryl methyl sites for hydroxylation is 1. The van der Waals surface area contributed by atoms with Crippen molar-refractivity contribution in [1.82, 2.24) is 5.32 Å². The van der Waals surface area contributed by atoms with E-state index in [1.807, 2.05) is 31.2 Å². The highest BCUT2D eigenvalue weighted by Gasteiger charge is 2.21. The lowest BCUT2D eigenvalue weighted by Crippen LogP contribution is -2.44. The van der Waals surface area contributed by atoms with E-state index in [2.05, 4.69) is 5.32 Å². The first-order chi connectivity index (χ1) is 12.6. The second-order valence-electron chi connectivity index (χ2n) is 6.34. The van der Waals surface area contributed by atoms with Gasteiger partial charge in [-0.3, -0.25) is 9.10 Å². The molecule has 2 rings (SSSR count). The Bertz CT molecular complexity index is 868. The molecule has 0 aromatic heterocycles. The van der Waals surface area contributed by atoms with Crippen LogP contribution in [0.25, 0.3) is 0 Å². The summed E-state index contributed by atoms with van der Waals surface area (Å²) < 4.78 is 43.6. The third-order valence-electron chi connectivity index (χ3n) is 3.73. The van der Waals surface area contributed by atoms with E-state index in [-0.39, 0.29) is 18.3 Å². The van der Waals surface area contributed by atoms with Gasteiger partial charge in [-0.05, 0) is 50.2 Å². The number of hydrogen-bond acceptors (Lipinski definition) is 4. The normalized spacial score (nSPS) is 12.3. The molecule has 2 aromatic carbocycles. The van der Waals surface area contributed by atoms with Crippen LogP contribution in [-0.2, 0) is 14.8 Å². The van der Waals surface area contributed by atoms with E-state index in [1.165, 1.54) is 12.1 Å². The summed E-state index contributed by atoms with van der Waals surface area (Å²) in [6, 6.07) is 12.1. The van der Waals surface area contributed by atoms with Crippen molar-refractivity contribution in [2.75, 3.05) is 23.7 Å². The molecule has 1 N–H and O–H groups in total. The van der Waals surface area contributed by atoms with Crippen molar-refractivity contribution in [2.45, 2.75) is 19.9 Å². The Morgan fingerprint density at radius 2 is 1.74 bits per heavy atom. The number of carbonyl (C=O) groups is 1. The number of amides is 1. The van der Waals surface area contributed by atoms with Crippen LogP contribution < -0.4 is 14.4 Å². The summed E-state index contributed by atoms with van der Waals surface area (Å²) in [7, 11) is -3.70. The number of carbonyl (C=O) groups excluding carboxylic acids is 1. The monoisotopic (exact) mass is 394 g/mol. The Morgan fingerprint density at radius 3 is 2.30 bits per heavy atom. The second kappa shape index (κ2) is 8.85. The van der Waals surface area contributed by atoms with Crippen molar-refractivity contribution in [1.29, 1.82) is 0 Å². The molecule has 0 aliphatic rings. The maximum Gasteiger partial charge on any atom is 0.241 e. The maximum absolute atomic E-state index is 13.1. The number of hydrogen-bond donors (Lipinski definition) is 1. The fraction of sp³-hybridized carbons (Fsp3) is 0.316. The summed E-state index contributed by atoms with van der Waals surface area (Å²) in [4.78, 5) is 12.3. The van der Waals surface area contributed by atoms with E-state index in [0.29, 0.717) is 5.75 Å². The number of sulfonamides is 1. The molecule has 0 fully saturated rings. The first-order valence-corrected chi connectivity index (χ1v) is 10.2. The molecule has 0 aliphatic heterocycles. The van der Waals surface area contributed by atoms with Gasteiger partial charge in [-0.1, -0.05) is 17.7 Å². The van der Waals surface area contributed by atoms with Crippen LogP contribution in [0.3, 0.4) is 0 Å². The van der Waals surface area contributed by atoms with Crippen molar-refractivity contribution >= 4 is 21.6 Å². The number of anilines is 1. The zero-order chi connectivity index (χ0) is 20.0. The van der Waals surface area contributed by atoms with Gasteiger partial charge in [0, 0.05) is 0 Å². The molecule has 0 saturated heterocycles. The van der Waals surface area contributed by atoms with Crippen LogP contribution in [0.5, 0.6) is 5.75 Å². The van der Waals surface area contributed by atoms with Crippen LogP contribution in [0, 0.1) is 12.7 Å². The third-order valence-corrected chi connectivity index (χ3v) is 4.87. The molecule has 0 radical (unpaired) electrons. The quantitative estimate of drug-likeness (QED) is 0.746. The fourth-order valence-electron chi connectivity index (χ4n) is 2.36. The van der Waals surface area contributed by atoms with Crippen molar-refractivity contribution in [3.63, 3.8) is 0 Å². The molecular formula is C19H23FN2O4S. The van der Waals surface area contributed by atoms with Crippen molar-refractivity contribution < 1.29 is 22.3 Å². The van der Waals surface area contributed by atoms with Crippen LogP contribution in [-0.4, -0.2) is 39.8 Å². The summed E-state index contributed by atoms with van der Waals surface area (Å²) in [6.07, 6.45) is 0.994. The number of halogens is 1. The summed E-state index contributed by atoms with van der Waals surface area (Å²) in [6.45, 7) is 3.57. The van der Waals surface area contributed by atoms with Crippen molar-refractivity contribution in [2.24, 2.45) is 0 Å². The van der Waals surface area contributed by atoms with E-state index in [0.717, 1.165) is 28.3 Å². The second-order valence-corrected chi connectivity index (χ2v) is 8.25. The first kappa shape index (κ1) is 20.7. The van der Waals surface area contributed by atoms with Gasteiger partial charge in [0.05, 0.1) is 18.0 Å². The molecule has 2 aromatic rings. The minimum atomic E-state index is -3.70. The molecule has 146 valence electrons. The number of rotatable bonds is 8. The minimum Gasteiger partial charge on any atom is -0.491 e. The van der Waals surface area contributed by atoms with Crippen LogP contribution in [0.1, 0.15) is 12.5 Å². The lowest BCUT2D eigenvalue weighted by molar-refractivity contribution is -0.120. The van der Waals surface area contributed by atoms with Gasteiger partial charge in [-0.25, -0.2) is 12.8 Å². The molecule has 0 bridgehead atoms. The zero-order valence-electron chi connectivity index (χ0n) is 15.5. The molecule has 0 aliphatic carbocycles.